The molecule has 0 radical (unpaired) electrons. The molecule has 0 aromatic heterocycles. The van der Waals surface area contributed by atoms with Crippen LogP contribution in [0.2, 0.25) is 0 Å². The Bertz CT molecular complexity index is 447. The van der Waals surface area contributed by atoms with Crippen molar-refractivity contribution < 1.29 is 13.9 Å². The lowest BCUT2D eigenvalue weighted by molar-refractivity contribution is -0.00461. The molecule has 1 heterocycles. The Morgan fingerprint density at radius 3 is 2.37 bits per heavy atom. The molecule has 0 bridgehead atoms. The van der Waals surface area contributed by atoms with Gasteiger partial charge >= 0.3 is 0 Å². The summed E-state index contributed by atoms with van der Waals surface area (Å²) in [5.41, 5.74) is 6.86. The minimum Gasteiger partial charge on any atom is -0.377 e. The van der Waals surface area contributed by atoms with Crippen LogP contribution < -0.4 is 10.6 Å². The van der Waals surface area contributed by atoms with Crippen LogP contribution >= 0.6 is 15.9 Å². The summed E-state index contributed by atoms with van der Waals surface area (Å²) in [7, 11) is 3.29. The second-order valence-corrected chi connectivity index (χ2v) is 5.32. The maximum absolute atomic E-state index is 14.3. The third-order valence-electron chi connectivity index (χ3n) is 3.52. The SMILES string of the molecule is COC1CN(c2ccc(CN)c(Br)c2F)CC1OC. The number of hydrogen-bond acceptors (Lipinski definition) is 4. The van der Waals surface area contributed by atoms with E-state index in [1.54, 1.807) is 20.3 Å². The van der Waals surface area contributed by atoms with Crippen LogP contribution in [0.15, 0.2) is 16.6 Å². The van der Waals surface area contributed by atoms with Gasteiger partial charge in [-0.2, -0.15) is 0 Å². The van der Waals surface area contributed by atoms with Crippen molar-refractivity contribution in [2.75, 3.05) is 32.2 Å². The van der Waals surface area contributed by atoms with Gasteiger partial charge in [0.25, 0.3) is 0 Å². The van der Waals surface area contributed by atoms with Crippen molar-refractivity contribution in [3.05, 3.63) is 28.0 Å². The first-order valence-electron chi connectivity index (χ1n) is 6.09. The normalized spacial score (nSPS) is 23.1. The fourth-order valence-electron chi connectivity index (χ4n) is 2.37. The van der Waals surface area contributed by atoms with E-state index in [2.05, 4.69) is 15.9 Å². The summed E-state index contributed by atoms with van der Waals surface area (Å²) in [5.74, 6) is -0.283. The smallest absolute Gasteiger partial charge is 0.160 e. The lowest BCUT2D eigenvalue weighted by Gasteiger charge is -2.20. The number of methoxy groups -OCH3 is 2. The summed E-state index contributed by atoms with van der Waals surface area (Å²) in [6.45, 7) is 1.53. The van der Waals surface area contributed by atoms with E-state index in [4.69, 9.17) is 15.2 Å². The Morgan fingerprint density at radius 2 is 1.89 bits per heavy atom. The Morgan fingerprint density at radius 1 is 1.32 bits per heavy atom. The van der Waals surface area contributed by atoms with Crippen LogP contribution in [0.4, 0.5) is 10.1 Å². The van der Waals surface area contributed by atoms with Crippen LogP contribution in [0.25, 0.3) is 0 Å². The van der Waals surface area contributed by atoms with Crippen LogP contribution in [0.1, 0.15) is 5.56 Å². The van der Waals surface area contributed by atoms with Crippen molar-refractivity contribution >= 4 is 21.6 Å². The van der Waals surface area contributed by atoms with Crippen molar-refractivity contribution in [2.45, 2.75) is 18.8 Å². The molecule has 2 unspecified atom stereocenters. The van der Waals surface area contributed by atoms with Crippen molar-refractivity contribution in [3.63, 3.8) is 0 Å². The van der Waals surface area contributed by atoms with Gasteiger partial charge in [-0.25, -0.2) is 4.39 Å². The fraction of sp³-hybridized carbons (Fsp3) is 0.538. The number of halogens is 2. The molecule has 2 atom stereocenters. The number of nitrogens with zero attached hydrogens (tertiary/aromatic N) is 1. The Kier molecular flexibility index (Phi) is 4.78. The summed E-state index contributed by atoms with van der Waals surface area (Å²) < 4.78 is 25.5. The maximum Gasteiger partial charge on any atom is 0.160 e. The van der Waals surface area contributed by atoms with Gasteiger partial charge in [0.1, 0.15) is 12.2 Å². The molecule has 1 aromatic carbocycles. The van der Waals surface area contributed by atoms with Crippen LogP contribution in [0.5, 0.6) is 0 Å². The van der Waals surface area contributed by atoms with Crippen molar-refractivity contribution in [2.24, 2.45) is 5.73 Å². The molecule has 0 saturated carbocycles. The molecule has 0 amide bonds. The van der Waals surface area contributed by atoms with Gasteiger partial charge < -0.3 is 20.1 Å². The van der Waals surface area contributed by atoms with E-state index in [0.29, 0.717) is 29.8 Å². The van der Waals surface area contributed by atoms with Gasteiger partial charge in [0.2, 0.25) is 0 Å². The maximum atomic E-state index is 14.3. The van der Waals surface area contributed by atoms with Crippen LogP contribution in [-0.4, -0.2) is 39.5 Å². The van der Waals surface area contributed by atoms with Crippen molar-refractivity contribution in [1.29, 1.82) is 0 Å². The third-order valence-corrected chi connectivity index (χ3v) is 4.38. The molecule has 106 valence electrons. The number of benzene rings is 1. The molecule has 19 heavy (non-hydrogen) atoms. The van der Waals surface area contributed by atoms with E-state index in [1.807, 2.05) is 11.0 Å². The van der Waals surface area contributed by atoms with Gasteiger partial charge in [-0.15, -0.1) is 0 Å². The highest BCUT2D eigenvalue weighted by Gasteiger charge is 2.34. The average molecular weight is 333 g/mol. The number of ether oxygens (including phenoxy) is 2. The average Bonchev–Trinajstić information content (AvgIpc) is 2.84. The minimum absolute atomic E-state index is 0.0441. The van der Waals surface area contributed by atoms with Gasteiger partial charge in [-0.3, -0.25) is 0 Å². The Hall–Kier alpha value is -0.690. The summed E-state index contributed by atoms with van der Waals surface area (Å²) in [6.07, 6.45) is -0.0882. The predicted molar refractivity (Wildman–Crippen MR) is 75.8 cm³/mol. The van der Waals surface area contributed by atoms with Crippen LogP contribution in [0.3, 0.4) is 0 Å². The second-order valence-electron chi connectivity index (χ2n) is 4.53. The lowest BCUT2D eigenvalue weighted by Crippen LogP contribution is -2.27. The zero-order valence-electron chi connectivity index (χ0n) is 11.0. The van der Waals surface area contributed by atoms with Crippen LogP contribution in [0, 0.1) is 5.82 Å². The van der Waals surface area contributed by atoms with Gasteiger partial charge in [0.05, 0.1) is 10.2 Å². The summed E-state index contributed by atoms with van der Waals surface area (Å²) >= 11 is 3.26. The first-order chi connectivity index (χ1) is 9.12. The third kappa shape index (κ3) is 2.76. The minimum atomic E-state index is -0.283. The monoisotopic (exact) mass is 332 g/mol. The molecule has 0 spiro atoms. The predicted octanol–water partition coefficient (Wildman–Crippen LogP) is 1.90. The van der Waals surface area contributed by atoms with E-state index in [9.17, 15) is 4.39 Å². The highest BCUT2D eigenvalue weighted by molar-refractivity contribution is 9.10. The highest BCUT2D eigenvalue weighted by atomic mass is 79.9. The van der Waals surface area contributed by atoms with Crippen molar-refractivity contribution in [3.8, 4) is 0 Å². The first-order valence-corrected chi connectivity index (χ1v) is 6.89. The summed E-state index contributed by atoms with van der Waals surface area (Å²) in [5, 5.41) is 0. The zero-order chi connectivity index (χ0) is 14.0. The molecule has 1 aromatic rings. The quantitative estimate of drug-likeness (QED) is 0.914. The Balaban J connectivity index is 2.26. The molecular formula is C13H18BrFN2O2. The van der Waals surface area contributed by atoms with Crippen molar-refractivity contribution in [1.82, 2.24) is 0 Å². The number of anilines is 1. The standard InChI is InChI=1S/C13H18BrFN2O2/c1-18-10-6-17(7-11(10)19-2)9-4-3-8(5-16)12(14)13(9)15/h3-4,10-11H,5-7,16H2,1-2H3. The van der Waals surface area contributed by atoms with Gasteiger partial charge in [0.15, 0.2) is 5.82 Å². The highest BCUT2D eigenvalue weighted by Crippen LogP contribution is 2.32. The summed E-state index contributed by atoms with van der Waals surface area (Å²) in [4.78, 5) is 1.93. The van der Waals surface area contributed by atoms with E-state index in [0.717, 1.165) is 5.56 Å². The van der Waals surface area contributed by atoms with E-state index >= 15 is 0 Å². The molecular weight excluding hydrogens is 315 g/mol. The molecule has 2 N–H and O–H groups in total. The molecule has 6 heteroatoms. The molecule has 1 aliphatic heterocycles. The molecule has 2 rings (SSSR count). The Labute approximate surface area is 120 Å². The molecule has 1 fully saturated rings. The molecule has 1 saturated heterocycles. The van der Waals surface area contributed by atoms with Gasteiger partial charge in [-0.05, 0) is 27.6 Å². The first kappa shape index (κ1) is 14.7. The van der Waals surface area contributed by atoms with E-state index < -0.39 is 0 Å². The largest absolute Gasteiger partial charge is 0.377 e. The number of nitrogens with two attached hydrogens (primary N) is 1. The van der Waals surface area contributed by atoms with E-state index in [-0.39, 0.29) is 18.0 Å². The zero-order valence-corrected chi connectivity index (χ0v) is 12.6. The lowest BCUT2D eigenvalue weighted by atomic mass is 10.2. The summed E-state index contributed by atoms with van der Waals surface area (Å²) in [6, 6.07) is 3.59. The molecule has 4 nitrogen and oxygen atoms in total. The number of rotatable bonds is 4. The van der Waals surface area contributed by atoms with Crippen LogP contribution in [-0.2, 0) is 16.0 Å². The number of hydrogen-bond donors (Lipinski definition) is 1. The van der Waals surface area contributed by atoms with Gasteiger partial charge in [0, 0.05) is 33.9 Å². The molecule has 1 aliphatic rings. The van der Waals surface area contributed by atoms with E-state index in [1.165, 1.54) is 0 Å². The second kappa shape index (κ2) is 6.17. The van der Waals surface area contributed by atoms with Gasteiger partial charge in [-0.1, -0.05) is 6.07 Å². The molecule has 0 aliphatic carbocycles. The topological polar surface area (TPSA) is 47.7 Å². The fourth-order valence-corrected chi connectivity index (χ4v) is 2.87.